The van der Waals surface area contributed by atoms with E-state index in [-0.39, 0.29) is 0 Å². The summed E-state index contributed by atoms with van der Waals surface area (Å²) in [5.74, 6) is 5.60. The molecule has 0 nitrogen and oxygen atoms in total. The van der Waals surface area contributed by atoms with Gasteiger partial charge < -0.3 is 0 Å². The molecule has 5 heteroatoms. The van der Waals surface area contributed by atoms with Crippen LogP contribution in [0.3, 0.4) is 0 Å². The Labute approximate surface area is 125 Å². The molecule has 0 atom stereocenters. The van der Waals surface area contributed by atoms with E-state index in [0.717, 1.165) is 4.58 Å². The van der Waals surface area contributed by atoms with Gasteiger partial charge in [0, 0.05) is 0 Å². The Morgan fingerprint density at radius 3 is 2.00 bits per heavy atom. The fraction of sp³-hybridized carbons (Fsp3) is 1.00. The highest BCUT2D eigenvalue weighted by Crippen LogP contribution is 2.54. The van der Waals surface area contributed by atoms with E-state index in [2.05, 4.69) is 66.7 Å². The molecule has 2 aliphatic rings. The zero-order valence-electron chi connectivity index (χ0n) is 11.2. The van der Waals surface area contributed by atoms with Crippen LogP contribution in [-0.2, 0) is 0 Å². The average molecular weight is 325 g/mol. The summed E-state index contributed by atoms with van der Waals surface area (Å²) < 4.78 is 1.49. The highest BCUT2D eigenvalue weighted by molar-refractivity contribution is 8.21. The van der Waals surface area contributed by atoms with Gasteiger partial charge in [0.1, 0.15) is 0 Å². The second kappa shape index (κ2) is 6.38. The molecule has 2 heterocycles. The maximum atomic E-state index is 2.58. The van der Waals surface area contributed by atoms with Gasteiger partial charge in [0.05, 0.1) is 16.4 Å². The largest absolute Gasteiger partial charge is 0.148 e. The molecule has 0 aromatic heterocycles. The molecular weight excluding hydrogens is 300 g/mol. The average Bonchev–Trinajstić information content (AvgIpc) is 2.30. The summed E-state index contributed by atoms with van der Waals surface area (Å²) in [6.45, 7) is 7.74. The number of hydrogen-bond donors (Lipinski definition) is 0. The zero-order chi connectivity index (χ0) is 12.4. The maximum absolute atomic E-state index is 2.58. The summed E-state index contributed by atoms with van der Waals surface area (Å²) in [6.07, 6.45) is 4.30. The molecule has 0 amide bonds. The Morgan fingerprint density at radius 2 is 1.47 bits per heavy atom. The molecule has 0 spiro atoms. The highest BCUT2D eigenvalue weighted by Gasteiger charge is 2.47. The van der Waals surface area contributed by atoms with Crippen molar-refractivity contribution in [1.82, 2.24) is 0 Å². The normalized spacial score (nSPS) is 27.0. The lowest BCUT2D eigenvalue weighted by Crippen LogP contribution is -2.50. The molecule has 0 radical (unpaired) electrons. The van der Waals surface area contributed by atoms with E-state index in [1.54, 1.807) is 0 Å². The Morgan fingerprint density at radius 1 is 0.941 bits per heavy atom. The SMILES string of the molecule is C[Si](C)(C)C1(CC2SCCCS2)SCCCS1. The van der Waals surface area contributed by atoms with Crippen LogP contribution >= 0.6 is 47.0 Å². The molecule has 2 fully saturated rings. The van der Waals surface area contributed by atoms with Crippen molar-refractivity contribution in [3.63, 3.8) is 0 Å². The van der Waals surface area contributed by atoms with E-state index in [1.165, 1.54) is 42.3 Å². The van der Waals surface area contributed by atoms with Crippen molar-refractivity contribution in [2.45, 2.75) is 47.2 Å². The number of rotatable bonds is 3. The van der Waals surface area contributed by atoms with Gasteiger partial charge in [-0.1, -0.05) is 19.6 Å². The predicted octanol–water partition coefficient (Wildman–Crippen LogP) is 5.02. The van der Waals surface area contributed by atoms with Crippen LogP contribution in [0.15, 0.2) is 0 Å². The van der Waals surface area contributed by atoms with Gasteiger partial charge in [-0.3, -0.25) is 0 Å². The van der Waals surface area contributed by atoms with Crippen LogP contribution in [-0.4, -0.2) is 39.4 Å². The molecule has 2 aliphatic heterocycles. The van der Waals surface area contributed by atoms with Gasteiger partial charge in [-0.05, 0) is 42.3 Å². The van der Waals surface area contributed by atoms with E-state index in [0.29, 0.717) is 3.70 Å². The lowest BCUT2D eigenvalue weighted by atomic mass is 10.5. The van der Waals surface area contributed by atoms with E-state index < -0.39 is 8.07 Å². The fourth-order valence-electron chi connectivity index (χ4n) is 2.31. The van der Waals surface area contributed by atoms with Crippen molar-refractivity contribution < 1.29 is 0 Å². The Balaban J connectivity index is 2.04. The van der Waals surface area contributed by atoms with E-state index in [9.17, 15) is 0 Å². The van der Waals surface area contributed by atoms with Gasteiger partial charge >= 0.3 is 0 Å². The van der Waals surface area contributed by atoms with Gasteiger partial charge in [-0.15, -0.1) is 47.0 Å². The van der Waals surface area contributed by atoms with Crippen molar-refractivity contribution in [2.24, 2.45) is 0 Å². The van der Waals surface area contributed by atoms with Gasteiger partial charge in [-0.25, -0.2) is 0 Å². The summed E-state index contributed by atoms with van der Waals surface area (Å²) in [5.41, 5.74) is 0. The third-order valence-corrected chi connectivity index (χ3v) is 16.4. The van der Waals surface area contributed by atoms with E-state index >= 15 is 0 Å². The summed E-state index contributed by atoms with van der Waals surface area (Å²) >= 11 is 9.08. The van der Waals surface area contributed by atoms with Crippen LogP contribution in [0.25, 0.3) is 0 Å². The third-order valence-electron chi connectivity index (χ3n) is 3.43. The first-order valence-corrected chi connectivity index (χ1v) is 14.1. The van der Waals surface area contributed by atoms with Crippen molar-refractivity contribution in [2.75, 3.05) is 23.0 Å². The fourth-order valence-corrected chi connectivity index (χ4v) is 13.8. The Kier molecular flexibility index (Phi) is 5.63. The zero-order valence-corrected chi connectivity index (χ0v) is 15.4. The summed E-state index contributed by atoms with van der Waals surface area (Å²) in [4.78, 5) is 0. The van der Waals surface area contributed by atoms with Gasteiger partial charge in [0.25, 0.3) is 0 Å². The molecule has 0 N–H and O–H groups in total. The second-order valence-electron chi connectivity index (χ2n) is 5.78. The van der Waals surface area contributed by atoms with E-state index in [4.69, 9.17) is 0 Å². The summed E-state index contributed by atoms with van der Waals surface area (Å²) in [6, 6.07) is 0. The van der Waals surface area contributed by atoms with Crippen LogP contribution < -0.4 is 0 Å². The monoisotopic (exact) mass is 324 g/mol. The van der Waals surface area contributed by atoms with Crippen LogP contribution in [0.4, 0.5) is 0 Å². The molecule has 0 unspecified atom stereocenters. The van der Waals surface area contributed by atoms with Gasteiger partial charge in [0.2, 0.25) is 0 Å². The molecule has 2 rings (SSSR count). The molecule has 17 heavy (non-hydrogen) atoms. The van der Waals surface area contributed by atoms with Crippen molar-refractivity contribution >= 4 is 55.1 Å². The molecular formula is C12H24S4Si. The molecule has 0 aromatic rings. The topological polar surface area (TPSA) is 0 Å². The minimum absolute atomic E-state index is 0.604. The molecule has 100 valence electrons. The molecule has 0 aromatic carbocycles. The van der Waals surface area contributed by atoms with Crippen molar-refractivity contribution in [3.05, 3.63) is 0 Å². The van der Waals surface area contributed by atoms with Gasteiger partial charge in [-0.2, -0.15) is 0 Å². The van der Waals surface area contributed by atoms with Crippen LogP contribution in [0.2, 0.25) is 19.6 Å². The molecule has 0 aliphatic carbocycles. The van der Waals surface area contributed by atoms with E-state index in [1.807, 2.05) is 0 Å². The Hall–Kier alpha value is 1.62. The first-order valence-electron chi connectivity index (χ1n) is 6.55. The molecule has 2 saturated heterocycles. The van der Waals surface area contributed by atoms with Crippen LogP contribution in [0, 0.1) is 0 Å². The molecule has 0 bridgehead atoms. The molecule has 0 saturated carbocycles. The summed E-state index contributed by atoms with van der Waals surface area (Å²) in [7, 11) is -1.09. The first kappa shape index (κ1) is 15.0. The minimum atomic E-state index is -1.09. The lowest BCUT2D eigenvalue weighted by molar-refractivity contribution is 0.905. The predicted molar refractivity (Wildman–Crippen MR) is 93.5 cm³/mol. The Bertz CT molecular complexity index is 239. The standard InChI is InChI=1S/C12H24S4Si/c1-17(2,3)12(15-8-5-9-16-12)10-11-13-6-4-7-14-11/h11H,4-10H2,1-3H3. The quantitative estimate of drug-likeness (QED) is 0.668. The third kappa shape index (κ3) is 3.80. The van der Waals surface area contributed by atoms with Gasteiger partial charge in [0.15, 0.2) is 0 Å². The maximum Gasteiger partial charge on any atom is 0.0752 e. The summed E-state index contributed by atoms with van der Waals surface area (Å²) in [5, 5.41) is 0. The number of hydrogen-bond acceptors (Lipinski definition) is 4. The lowest BCUT2D eigenvalue weighted by Gasteiger charge is -2.47. The van der Waals surface area contributed by atoms with Crippen molar-refractivity contribution in [1.29, 1.82) is 0 Å². The first-order chi connectivity index (χ1) is 8.04. The smallest absolute Gasteiger partial charge is 0.0752 e. The number of thioether (sulfide) groups is 4. The van der Waals surface area contributed by atoms with Crippen molar-refractivity contribution in [3.8, 4) is 0 Å². The van der Waals surface area contributed by atoms with Crippen LogP contribution in [0.1, 0.15) is 19.3 Å². The van der Waals surface area contributed by atoms with Crippen LogP contribution in [0.5, 0.6) is 0 Å². The minimum Gasteiger partial charge on any atom is -0.148 e. The second-order valence-corrected chi connectivity index (χ2v) is 17.8. The highest BCUT2D eigenvalue weighted by atomic mass is 32.2.